The van der Waals surface area contributed by atoms with Crippen LogP contribution in [0, 0.1) is 5.41 Å². The highest BCUT2D eigenvalue weighted by atomic mass is 35.5. The first-order valence-corrected chi connectivity index (χ1v) is 9.05. The number of halogens is 1. The first kappa shape index (κ1) is 17.6. The molecule has 0 spiro atoms. The van der Waals surface area contributed by atoms with Gasteiger partial charge in [-0.2, -0.15) is 0 Å². The minimum Gasteiger partial charge on any atom is -0.351 e. The number of nitrogens with one attached hydrogen (secondary N) is 1. The van der Waals surface area contributed by atoms with Crippen LogP contribution in [0.3, 0.4) is 0 Å². The van der Waals surface area contributed by atoms with Gasteiger partial charge in [-0.15, -0.1) is 11.3 Å². The summed E-state index contributed by atoms with van der Waals surface area (Å²) in [7, 11) is 0. The predicted molar refractivity (Wildman–Crippen MR) is 102 cm³/mol. The van der Waals surface area contributed by atoms with Crippen molar-refractivity contribution in [3.05, 3.63) is 56.8 Å². The van der Waals surface area contributed by atoms with Gasteiger partial charge in [0, 0.05) is 23.1 Å². The van der Waals surface area contributed by atoms with E-state index in [0.717, 1.165) is 5.56 Å². The number of hydrogen-bond donors (Lipinski definition) is 1. The van der Waals surface area contributed by atoms with E-state index in [4.69, 9.17) is 11.6 Å². The molecule has 0 aliphatic carbocycles. The molecule has 1 amide bonds. The van der Waals surface area contributed by atoms with Gasteiger partial charge in [-0.1, -0.05) is 44.5 Å². The highest BCUT2D eigenvalue weighted by Crippen LogP contribution is 2.25. The van der Waals surface area contributed by atoms with Crippen molar-refractivity contribution in [3.63, 3.8) is 0 Å². The molecule has 0 bridgehead atoms. The summed E-state index contributed by atoms with van der Waals surface area (Å²) in [5.74, 6) is -0.407. The molecule has 0 fully saturated rings. The number of thiazole rings is 1. The Morgan fingerprint density at radius 2 is 1.96 bits per heavy atom. The van der Waals surface area contributed by atoms with Gasteiger partial charge < -0.3 is 5.32 Å². The Morgan fingerprint density at radius 1 is 1.28 bits per heavy atom. The van der Waals surface area contributed by atoms with E-state index in [1.165, 1.54) is 21.9 Å². The molecule has 1 aromatic carbocycles. The monoisotopic (exact) mass is 375 g/mol. The van der Waals surface area contributed by atoms with Gasteiger partial charge in [0.25, 0.3) is 11.5 Å². The molecule has 3 rings (SSSR count). The maximum absolute atomic E-state index is 12.9. The van der Waals surface area contributed by atoms with Gasteiger partial charge in [-0.05, 0) is 23.1 Å². The van der Waals surface area contributed by atoms with Crippen LogP contribution in [-0.2, 0) is 0 Å². The van der Waals surface area contributed by atoms with E-state index >= 15 is 0 Å². The minimum absolute atomic E-state index is 0.0374. The molecule has 0 radical (unpaired) electrons. The first-order valence-electron chi connectivity index (χ1n) is 7.80. The van der Waals surface area contributed by atoms with Crippen LogP contribution in [0.1, 0.15) is 31.1 Å². The lowest BCUT2D eigenvalue weighted by Gasteiger charge is -2.18. The van der Waals surface area contributed by atoms with Crippen molar-refractivity contribution in [1.82, 2.24) is 14.7 Å². The number of carbonyl (C=O) groups excluding carboxylic acids is 1. The molecule has 0 aliphatic rings. The molecular weight excluding hydrogens is 358 g/mol. The molecular formula is C18H18ClN3O2S. The van der Waals surface area contributed by atoms with E-state index < -0.39 is 5.91 Å². The molecule has 0 saturated heterocycles. The van der Waals surface area contributed by atoms with E-state index in [2.05, 4.69) is 10.3 Å². The molecule has 7 heteroatoms. The molecule has 130 valence electrons. The Hall–Kier alpha value is -2.18. The lowest BCUT2D eigenvalue weighted by Crippen LogP contribution is -2.36. The summed E-state index contributed by atoms with van der Waals surface area (Å²) >= 11 is 7.28. The van der Waals surface area contributed by atoms with E-state index in [-0.39, 0.29) is 16.5 Å². The number of benzene rings is 1. The third-order valence-electron chi connectivity index (χ3n) is 3.61. The lowest BCUT2D eigenvalue weighted by atomic mass is 9.97. The van der Waals surface area contributed by atoms with Crippen molar-refractivity contribution in [2.24, 2.45) is 5.41 Å². The average molecular weight is 376 g/mol. The largest absolute Gasteiger partial charge is 0.351 e. The normalized spacial score (nSPS) is 11.7. The number of amides is 1. The highest BCUT2D eigenvalue weighted by molar-refractivity contribution is 7.15. The van der Waals surface area contributed by atoms with Crippen molar-refractivity contribution >= 4 is 33.8 Å². The van der Waals surface area contributed by atoms with Crippen molar-refractivity contribution in [2.45, 2.75) is 20.8 Å². The summed E-state index contributed by atoms with van der Waals surface area (Å²) in [6.45, 7) is 6.51. The van der Waals surface area contributed by atoms with Crippen molar-refractivity contribution < 1.29 is 4.79 Å². The summed E-state index contributed by atoms with van der Waals surface area (Å²) in [5, 5.41) is 5.27. The molecule has 25 heavy (non-hydrogen) atoms. The number of fused-ring (bicyclic) bond motifs is 1. The SMILES string of the molecule is CC(C)(C)CNC(=O)c1cnc2scc(-c3ccc(Cl)cc3)n2c1=O. The third kappa shape index (κ3) is 3.75. The Balaban J connectivity index is 2.04. The van der Waals surface area contributed by atoms with Crippen LogP contribution in [-0.4, -0.2) is 21.8 Å². The number of nitrogens with zero attached hydrogens (tertiary/aromatic N) is 2. The number of hydrogen-bond acceptors (Lipinski definition) is 4. The van der Waals surface area contributed by atoms with Crippen LogP contribution in [0.25, 0.3) is 16.2 Å². The summed E-state index contributed by atoms with van der Waals surface area (Å²) in [4.78, 5) is 30.1. The Bertz CT molecular complexity index is 984. The van der Waals surface area contributed by atoms with E-state index in [9.17, 15) is 9.59 Å². The summed E-state index contributed by atoms with van der Waals surface area (Å²) in [6.07, 6.45) is 1.35. The summed E-state index contributed by atoms with van der Waals surface area (Å²) in [6, 6.07) is 7.20. The minimum atomic E-state index is -0.407. The summed E-state index contributed by atoms with van der Waals surface area (Å²) < 4.78 is 1.47. The molecule has 2 aromatic heterocycles. The second-order valence-electron chi connectivity index (χ2n) is 6.97. The Kier molecular flexibility index (Phi) is 4.67. The number of aromatic nitrogens is 2. The zero-order valence-corrected chi connectivity index (χ0v) is 15.7. The van der Waals surface area contributed by atoms with Crippen molar-refractivity contribution in [1.29, 1.82) is 0 Å². The molecule has 2 heterocycles. The smallest absolute Gasteiger partial charge is 0.271 e. The maximum Gasteiger partial charge on any atom is 0.271 e. The summed E-state index contributed by atoms with van der Waals surface area (Å²) in [5.41, 5.74) is 1.13. The molecule has 0 aliphatic heterocycles. The fourth-order valence-electron chi connectivity index (χ4n) is 2.31. The van der Waals surface area contributed by atoms with Gasteiger partial charge in [-0.25, -0.2) is 4.98 Å². The van der Waals surface area contributed by atoms with Gasteiger partial charge in [0.2, 0.25) is 0 Å². The lowest BCUT2D eigenvalue weighted by molar-refractivity contribution is 0.0937. The molecule has 0 unspecified atom stereocenters. The molecule has 0 saturated carbocycles. The maximum atomic E-state index is 12.9. The predicted octanol–water partition coefficient (Wildman–Crippen LogP) is 3.85. The van der Waals surface area contributed by atoms with Gasteiger partial charge in [0.1, 0.15) is 5.56 Å². The Morgan fingerprint density at radius 3 is 2.60 bits per heavy atom. The van der Waals surface area contributed by atoms with E-state index in [1.807, 2.05) is 38.3 Å². The van der Waals surface area contributed by atoms with Crippen LogP contribution >= 0.6 is 22.9 Å². The van der Waals surface area contributed by atoms with Crippen LogP contribution in [0.2, 0.25) is 5.02 Å². The zero-order valence-electron chi connectivity index (χ0n) is 14.2. The Labute approximate surface area is 154 Å². The topological polar surface area (TPSA) is 63.5 Å². The highest BCUT2D eigenvalue weighted by Gasteiger charge is 2.19. The number of carbonyl (C=O) groups is 1. The van der Waals surface area contributed by atoms with Crippen LogP contribution in [0.15, 0.2) is 40.6 Å². The van der Waals surface area contributed by atoms with E-state index in [0.29, 0.717) is 22.2 Å². The fraction of sp³-hybridized carbons (Fsp3) is 0.278. The van der Waals surface area contributed by atoms with Crippen molar-refractivity contribution in [3.8, 4) is 11.3 Å². The van der Waals surface area contributed by atoms with Crippen molar-refractivity contribution in [2.75, 3.05) is 6.54 Å². The van der Waals surface area contributed by atoms with Gasteiger partial charge in [0.15, 0.2) is 4.96 Å². The third-order valence-corrected chi connectivity index (χ3v) is 4.70. The number of rotatable bonds is 3. The molecule has 5 nitrogen and oxygen atoms in total. The van der Waals surface area contributed by atoms with E-state index in [1.54, 1.807) is 12.1 Å². The first-order chi connectivity index (χ1) is 11.8. The zero-order chi connectivity index (χ0) is 18.2. The van der Waals surface area contributed by atoms with Gasteiger partial charge in [0.05, 0.1) is 5.69 Å². The molecule has 3 aromatic rings. The standard InChI is InChI=1S/C18H18ClN3O2S/c1-18(2,3)10-21-15(23)13-8-20-17-22(16(13)24)14(9-25-17)11-4-6-12(19)7-5-11/h4-9H,10H2,1-3H3,(H,21,23). The quantitative estimate of drug-likeness (QED) is 0.756. The van der Waals surface area contributed by atoms with Crippen LogP contribution in [0.4, 0.5) is 0 Å². The second kappa shape index (κ2) is 6.61. The molecule has 1 N–H and O–H groups in total. The van der Waals surface area contributed by atoms with Gasteiger partial charge >= 0.3 is 0 Å². The van der Waals surface area contributed by atoms with Gasteiger partial charge in [-0.3, -0.25) is 14.0 Å². The fourth-order valence-corrected chi connectivity index (χ4v) is 3.30. The van der Waals surface area contributed by atoms with Crippen LogP contribution in [0.5, 0.6) is 0 Å². The second-order valence-corrected chi connectivity index (χ2v) is 8.24. The molecule has 0 atom stereocenters. The average Bonchev–Trinajstić information content (AvgIpc) is 2.98. The van der Waals surface area contributed by atoms with Crippen LogP contribution < -0.4 is 10.9 Å².